The van der Waals surface area contributed by atoms with E-state index in [4.69, 9.17) is 11.6 Å². The Balaban J connectivity index is 2.11. The molecule has 0 bridgehead atoms. The third-order valence-electron chi connectivity index (χ3n) is 2.09. The van der Waals surface area contributed by atoms with Crippen LogP contribution in [0.2, 0.25) is 0 Å². The van der Waals surface area contributed by atoms with Crippen LogP contribution in [0.4, 0.5) is 0 Å². The minimum Gasteiger partial charge on any atom is -0.143 e. The number of rotatable bonds is 3. The van der Waals surface area contributed by atoms with Gasteiger partial charge in [-0.3, -0.25) is 0 Å². The van der Waals surface area contributed by atoms with E-state index >= 15 is 0 Å². The van der Waals surface area contributed by atoms with Crippen LogP contribution in [0.5, 0.6) is 0 Å². The van der Waals surface area contributed by atoms with Crippen LogP contribution in [0.3, 0.4) is 0 Å². The van der Waals surface area contributed by atoms with Gasteiger partial charge in [0.1, 0.15) is 10.0 Å². The standard InChI is InChI=1S/C11H10BrClN2S/c1-7(13)11-15-14-10(16-11)6-8-2-4-9(12)5-3-8/h2-5,7H,6H2,1H3. The van der Waals surface area contributed by atoms with Crippen LogP contribution in [-0.2, 0) is 6.42 Å². The third kappa shape index (κ3) is 3.03. The number of hydrogen-bond acceptors (Lipinski definition) is 3. The van der Waals surface area contributed by atoms with E-state index < -0.39 is 0 Å². The number of aromatic nitrogens is 2. The highest BCUT2D eigenvalue weighted by Crippen LogP contribution is 2.24. The molecule has 16 heavy (non-hydrogen) atoms. The van der Waals surface area contributed by atoms with Crippen LogP contribution in [0.1, 0.15) is 27.9 Å². The van der Waals surface area contributed by atoms with E-state index in [1.54, 1.807) is 11.3 Å². The first-order chi connectivity index (χ1) is 7.65. The van der Waals surface area contributed by atoms with E-state index in [1.165, 1.54) is 5.56 Å². The van der Waals surface area contributed by atoms with Crippen molar-refractivity contribution in [3.05, 3.63) is 44.3 Å². The fraction of sp³-hybridized carbons (Fsp3) is 0.273. The summed E-state index contributed by atoms with van der Waals surface area (Å²) in [5, 5.41) is 10.0. The van der Waals surface area contributed by atoms with Crippen LogP contribution < -0.4 is 0 Å². The fourth-order valence-corrected chi connectivity index (χ4v) is 2.52. The minimum absolute atomic E-state index is 0.0591. The smallest absolute Gasteiger partial charge is 0.135 e. The van der Waals surface area contributed by atoms with E-state index in [9.17, 15) is 0 Å². The number of hydrogen-bond donors (Lipinski definition) is 0. The maximum absolute atomic E-state index is 5.94. The van der Waals surface area contributed by atoms with E-state index in [1.807, 2.05) is 19.1 Å². The summed E-state index contributed by atoms with van der Waals surface area (Å²) >= 11 is 10.9. The number of benzene rings is 1. The van der Waals surface area contributed by atoms with Crippen LogP contribution in [0.15, 0.2) is 28.7 Å². The largest absolute Gasteiger partial charge is 0.143 e. The Labute approximate surface area is 112 Å². The molecule has 1 aromatic carbocycles. The molecule has 2 aromatic rings. The summed E-state index contributed by atoms with van der Waals surface area (Å²) in [5.41, 5.74) is 1.23. The van der Waals surface area contributed by atoms with E-state index in [0.717, 1.165) is 20.9 Å². The lowest BCUT2D eigenvalue weighted by Gasteiger charge is -1.97. The number of halogens is 2. The van der Waals surface area contributed by atoms with Gasteiger partial charge in [0.25, 0.3) is 0 Å². The Morgan fingerprint density at radius 1 is 1.31 bits per heavy atom. The zero-order valence-electron chi connectivity index (χ0n) is 8.65. The second-order valence-corrected chi connectivity index (χ2v) is 6.12. The van der Waals surface area contributed by atoms with Gasteiger partial charge in [-0.1, -0.05) is 39.4 Å². The average Bonchev–Trinajstić information content (AvgIpc) is 2.70. The van der Waals surface area contributed by atoms with Crippen molar-refractivity contribution < 1.29 is 0 Å². The highest BCUT2D eigenvalue weighted by Gasteiger charge is 2.09. The molecule has 0 N–H and O–H groups in total. The van der Waals surface area contributed by atoms with Crippen molar-refractivity contribution in [2.24, 2.45) is 0 Å². The monoisotopic (exact) mass is 316 g/mol. The molecule has 5 heteroatoms. The number of nitrogens with zero attached hydrogens (tertiary/aromatic N) is 2. The molecular formula is C11H10BrClN2S. The van der Waals surface area contributed by atoms with Gasteiger partial charge in [-0.2, -0.15) is 0 Å². The van der Waals surface area contributed by atoms with Gasteiger partial charge in [-0.05, 0) is 24.6 Å². The lowest BCUT2D eigenvalue weighted by molar-refractivity contribution is 0.931. The number of alkyl halides is 1. The summed E-state index contributed by atoms with van der Waals surface area (Å²) in [6, 6.07) is 8.22. The first-order valence-electron chi connectivity index (χ1n) is 4.86. The molecule has 0 saturated carbocycles. The van der Waals surface area contributed by atoms with Gasteiger partial charge in [0.05, 0.1) is 5.38 Å². The molecule has 1 aromatic heterocycles. The summed E-state index contributed by atoms with van der Waals surface area (Å²) in [7, 11) is 0. The molecule has 0 aliphatic rings. The van der Waals surface area contributed by atoms with Crippen LogP contribution in [0, 0.1) is 0 Å². The lowest BCUT2D eigenvalue weighted by Crippen LogP contribution is -1.86. The average molecular weight is 318 g/mol. The molecule has 2 rings (SSSR count). The lowest BCUT2D eigenvalue weighted by atomic mass is 10.2. The van der Waals surface area contributed by atoms with E-state index in [-0.39, 0.29) is 5.38 Å². The summed E-state index contributed by atoms with van der Waals surface area (Å²) in [6.45, 7) is 1.91. The van der Waals surface area contributed by atoms with Crippen molar-refractivity contribution in [3.63, 3.8) is 0 Å². The van der Waals surface area contributed by atoms with E-state index in [0.29, 0.717) is 0 Å². The van der Waals surface area contributed by atoms with Gasteiger partial charge in [0.2, 0.25) is 0 Å². The van der Waals surface area contributed by atoms with Gasteiger partial charge >= 0.3 is 0 Å². The maximum atomic E-state index is 5.94. The van der Waals surface area contributed by atoms with Crippen molar-refractivity contribution >= 4 is 38.9 Å². The van der Waals surface area contributed by atoms with Crippen molar-refractivity contribution in [3.8, 4) is 0 Å². The van der Waals surface area contributed by atoms with Crippen molar-refractivity contribution in [1.82, 2.24) is 10.2 Å². The Kier molecular flexibility index (Phi) is 3.95. The van der Waals surface area contributed by atoms with Crippen LogP contribution in [0.25, 0.3) is 0 Å². The third-order valence-corrected chi connectivity index (χ3v) is 4.06. The van der Waals surface area contributed by atoms with Crippen molar-refractivity contribution in [2.75, 3.05) is 0 Å². The SMILES string of the molecule is CC(Cl)c1nnc(Cc2ccc(Br)cc2)s1. The maximum Gasteiger partial charge on any atom is 0.135 e. The zero-order valence-corrected chi connectivity index (χ0v) is 11.8. The molecule has 0 saturated heterocycles. The van der Waals surface area contributed by atoms with Gasteiger partial charge in [-0.15, -0.1) is 21.8 Å². The Morgan fingerprint density at radius 3 is 2.56 bits per heavy atom. The minimum atomic E-state index is -0.0591. The van der Waals surface area contributed by atoms with Crippen molar-refractivity contribution in [2.45, 2.75) is 18.7 Å². The Morgan fingerprint density at radius 2 is 2.00 bits per heavy atom. The van der Waals surface area contributed by atoms with Gasteiger partial charge in [0, 0.05) is 10.9 Å². The Hall–Kier alpha value is -0.450. The Bertz CT molecular complexity index is 467. The normalized spacial score (nSPS) is 12.7. The van der Waals surface area contributed by atoms with Crippen LogP contribution >= 0.6 is 38.9 Å². The molecule has 0 amide bonds. The molecule has 2 nitrogen and oxygen atoms in total. The van der Waals surface area contributed by atoms with E-state index in [2.05, 4.69) is 38.3 Å². The predicted octanol–water partition coefficient (Wildman–Crippen LogP) is 4.19. The first-order valence-corrected chi connectivity index (χ1v) is 6.90. The summed E-state index contributed by atoms with van der Waals surface area (Å²) in [4.78, 5) is 0. The second kappa shape index (κ2) is 5.25. The molecule has 84 valence electrons. The zero-order chi connectivity index (χ0) is 11.5. The molecule has 0 aliphatic heterocycles. The summed E-state index contributed by atoms with van der Waals surface area (Å²) in [6.07, 6.45) is 0.814. The highest BCUT2D eigenvalue weighted by atomic mass is 79.9. The molecule has 1 unspecified atom stereocenters. The summed E-state index contributed by atoms with van der Waals surface area (Å²) in [5.74, 6) is 0. The van der Waals surface area contributed by atoms with Gasteiger partial charge in [-0.25, -0.2) is 0 Å². The fourth-order valence-electron chi connectivity index (χ4n) is 1.28. The van der Waals surface area contributed by atoms with Gasteiger partial charge in [0.15, 0.2) is 0 Å². The van der Waals surface area contributed by atoms with Gasteiger partial charge < -0.3 is 0 Å². The predicted molar refractivity (Wildman–Crippen MR) is 71.1 cm³/mol. The first kappa shape index (κ1) is 12.0. The molecule has 1 atom stereocenters. The summed E-state index contributed by atoms with van der Waals surface area (Å²) < 4.78 is 1.09. The molecule has 1 heterocycles. The highest BCUT2D eigenvalue weighted by molar-refractivity contribution is 9.10. The molecule has 0 spiro atoms. The second-order valence-electron chi connectivity index (χ2n) is 3.45. The molecule has 0 radical (unpaired) electrons. The van der Waals surface area contributed by atoms with Crippen LogP contribution in [-0.4, -0.2) is 10.2 Å². The molecular weight excluding hydrogens is 308 g/mol. The quantitative estimate of drug-likeness (QED) is 0.793. The topological polar surface area (TPSA) is 25.8 Å². The molecule has 0 aliphatic carbocycles. The van der Waals surface area contributed by atoms with Crippen molar-refractivity contribution in [1.29, 1.82) is 0 Å². The molecule has 0 fully saturated rings.